The molecule has 0 aliphatic carbocycles. The smallest absolute Gasteiger partial charge is 0.465 e. The number of ether oxygens (including phenoxy) is 3. The normalized spacial score (nSPS) is 17.7. The first kappa shape index (κ1) is 20.1. The lowest BCUT2D eigenvalue weighted by Gasteiger charge is -2.31. The number of carbonyl (C=O) groups excluding carboxylic acids is 1. The predicted octanol–water partition coefficient (Wildman–Crippen LogP) is 4.70. The number of benzene rings is 3. The van der Waals surface area contributed by atoms with Crippen molar-refractivity contribution in [3.63, 3.8) is 0 Å². The number of nitro groups is 1. The number of aliphatic imine (C=N–C) groups is 1. The van der Waals surface area contributed by atoms with Crippen molar-refractivity contribution in [2.45, 2.75) is 12.2 Å². The van der Waals surface area contributed by atoms with Gasteiger partial charge in [0.25, 0.3) is 5.69 Å². The maximum atomic E-state index is 12.3. The third-order valence-corrected chi connectivity index (χ3v) is 4.64. The minimum Gasteiger partial charge on any atom is -0.465 e. The minimum atomic E-state index is -0.943. The molecule has 0 bridgehead atoms. The van der Waals surface area contributed by atoms with Gasteiger partial charge in [0.05, 0.1) is 11.5 Å². The number of rotatable bonds is 5. The van der Waals surface area contributed by atoms with Crippen LogP contribution >= 0.6 is 0 Å². The van der Waals surface area contributed by atoms with Crippen molar-refractivity contribution in [1.29, 1.82) is 0 Å². The van der Waals surface area contributed by atoms with Crippen LogP contribution in [-0.4, -0.2) is 29.6 Å². The molecular weight excluding hydrogens is 400 g/mol. The van der Waals surface area contributed by atoms with E-state index in [1.807, 2.05) is 60.7 Å². The summed E-state index contributed by atoms with van der Waals surface area (Å²) in [5, 5.41) is 10.7. The van der Waals surface area contributed by atoms with Gasteiger partial charge in [0, 0.05) is 17.7 Å². The molecule has 0 saturated carbocycles. The molecule has 1 aliphatic heterocycles. The van der Waals surface area contributed by atoms with Crippen LogP contribution in [0, 0.1) is 10.1 Å². The van der Waals surface area contributed by atoms with Gasteiger partial charge < -0.3 is 14.2 Å². The summed E-state index contributed by atoms with van der Waals surface area (Å²) in [6.07, 6.45) is -2.22. The van der Waals surface area contributed by atoms with Crippen molar-refractivity contribution in [2.75, 3.05) is 6.54 Å². The van der Waals surface area contributed by atoms with E-state index in [0.29, 0.717) is 5.90 Å². The van der Waals surface area contributed by atoms with Gasteiger partial charge in [-0.15, -0.1) is 0 Å². The highest BCUT2D eigenvalue weighted by molar-refractivity contribution is 5.94. The standard InChI is InChI=1S/C23H18N2O6/c26-23(29-19-13-11-18(12-14-19)25(27)28)30-20-15-24-22(17-9-5-2-6-10-17)31-21(20)16-7-3-1-4-8-16/h1-14,20-21H,15H2. The van der Waals surface area contributed by atoms with E-state index in [4.69, 9.17) is 14.2 Å². The first-order valence-electron chi connectivity index (χ1n) is 9.54. The van der Waals surface area contributed by atoms with Gasteiger partial charge in [-0.25, -0.2) is 9.79 Å². The number of carbonyl (C=O) groups is 1. The lowest BCUT2D eigenvalue weighted by atomic mass is 10.0. The Labute approximate surface area is 177 Å². The number of nitrogens with zero attached hydrogens (tertiary/aromatic N) is 2. The largest absolute Gasteiger partial charge is 0.514 e. The second-order valence-corrected chi connectivity index (χ2v) is 6.72. The second kappa shape index (κ2) is 9.08. The fourth-order valence-electron chi connectivity index (χ4n) is 3.15. The molecule has 3 aromatic carbocycles. The van der Waals surface area contributed by atoms with E-state index in [1.54, 1.807) is 0 Å². The zero-order chi connectivity index (χ0) is 21.6. The van der Waals surface area contributed by atoms with Crippen LogP contribution in [-0.2, 0) is 9.47 Å². The highest BCUT2D eigenvalue weighted by Crippen LogP contribution is 2.29. The SMILES string of the molecule is O=C(Oc1ccc([N+](=O)[O-])cc1)OC1CN=C(c2ccccc2)OC1c1ccccc1. The summed E-state index contributed by atoms with van der Waals surface area (Å²) in [5.41, 5.74) is 1.56. The first-order valence-corrected chi connectivity index (χ1v) is 9.54. The topological polar surface area (TPSA) is 100 Å². The van der Waals surface area contributed by atoms with Crippen LogP contribution in [0.2, 0.25) is 0 Å². The third-order valence-electron chi connectivity index (χ3n) is 4.64. The Hall–Kier alpha value is -4.20. The predicted molar refractivity (Wildman–Crippen MR) is 112 cm³/mol. The van der Waals surface area contributed by atoms with Gasteiger partial charge in [-0.05, 0) is 29.8 Å². The molecule has 4 rings (SSSR count). The van der Waals surface area contributed by atoms with Crippen LogP contribution in [0.15, 0.2) is 89.9 Å². The Kier molecular flexibility index (Phi) is 5.89. The molecule has 1 heterocycles. The molecule has 2 unspecified atom stereocenters. The quantitative estimate of drug-likeness (QED) is 0.258. The Bertz CT molecular complexity index is 1080. The van der Waals surface area contributed by atoms with E-state index in [0.717, 1.165) is 11.1 Å². The van der Waals surface area contributed by atoms with Crippen LogP contribution in [0.3, 0.4) is 0 Å². The van der Waals surface area contributed by atoms with E-state index in [-0.39, 0.29) is 18.0 Å². The van der Waals surface area contributed by atoms with Gasteiger partial charge in [-0.1, -0.05) is 48.5 Å². The van der Waals surface area contributed by atoms with Crippen molar-refractivity contribution >= 4 is 17.7 Å². The van der Waals surface area contributed by atoms with Crippen LogP contribution in [0.4, 0.5) is 10.5 Å². The van der Waals surface area contributed by atoms with Gasteiger partial charge in [0.2, 0.25) is 5.90 Å². The van der Waals surface area contributed by atoms with Gasteiger partial charge in [0.15, 0.2) is 12.2 Å². The first-order chi connectivity index (χ1) is 15.1. The Morgan fingerprint density at radius 3 is 2.26 bits per heavy atom. The van der Waals surface area contributed by atoms with Crippen LogP contribution in [0.5, 0.6) is 5.75 Å². The molecule has 0 radical (unpaired) electrons. The summed E-state index contributed by atoms with van der Waals surface area (Å²) in [4.78, 5) is 27.0. The third kappa shape index (κ3) is 4.87. The molecule has 2 atom stereocenters. The molecular formula is C23H18N2O6. The summed E-state index contributed by atoms with van der Waals surface area (Å²) in [6, 6.07) is 24.0. The molecule has 8 nitrogen and oxygen atoms in total. The van der Waals surface area contributed by atoms with Crippen LogP contribution in [0.1, 0.15) is 17.2 Å². The van der Waals surface area contributed by atoms with Crippen LogP contribution in [0.25, 0.3) is 0 Å². The van der Waals surface area contributed by atoms with Gasteiger partial charge in [0.1, 0.15) is 5.75 Å². The van der Waals surface area contributed by atoms with E-state index in [9.17, 15) is 14.9 Å². The van der Waals surface area contributed by atoms with E-state index >= 15 is 0 Å². The molecule has 3 aromatic rings. The van der Waals surface area contributed by atoms with E-state index in [1.165, 1.54) is 24.3 Å². The van der Waals surface area contributed by atoms with Crippen molar-refractivity contribution in [3.05, 3.63) is 106 Å². The molecule has 0 spiro atoms. The fourth-order valence-corrected chi connectivity index (χ4v) is 3.15. The zero-order valence-electron chi connectivity index (χ0n) is 16.3. The lowest BCUT2D eigenvalue weighted by molar-refractivity contribution is -0.384. The highest BCUT2D eigenvalue weighted by Gasteiger charge is 2.34. The monoisotopic (exact) mass is 418 g/mol. The van der Waals surface area contributed by atoms with Crippen molar-refractivity contribution in [3.8, 4) is 5.75 Å². The van der Waals surface area contributed by atoms with Gasteiger partial charge in [-0.2, -0.15) is 0 Å². The maximum absolute atomic E-state index is 12.3. The molecule has 0 N–H and O–H groups in total. The minimum absolute atomic E-state index is 0.103. The molecule has 0 saturated heterocycles. The van der Waals surface area contributed by atoms with Gasteiger partial charge >= 0.3 is 6.16 Å². The Morgan fingerprint density at radius 1 is 0.968 bits per heavy atom. The van der Waals surface area contributed by atoms with Gasteiger partial charge in [-0.3, -0.25) is 10.1 Å². The summed E-state index contributed by atoms with van der Waals surface area (Å²) in [6.45, 7) is 0.194. The van der Waals surface area contributed by atoms with Crippen molar-refractivity contribution in [1.82, 2.24) is 0 Å². The second-order valence-electron chi connectivity index (χ2n) is 6.72. The molecule has 31 heavy (non-hydrogen) atoms. The van der Waals surface area contributed by atoms with Crippen molar-refractivity contribution in [2.24, 2.45) is 4.99 Å². The lowest BCUT2D eigenvalue weighted by Crippen LogP contribution is -2.36. The molecule has 0 fully saturated rings. The molecule has 0 amide bonds. The Morgan fingerprint density at radius 2 is 1.61 bits per heavy atom. The molecule has 8 heteroatoms. The molecule has 0 aromatic heterocycles. The van der Waals surface area contributed by atoms with Crippen LogP contribution < -0.4 is 4.74 Å². The summed E-state index contributed by atoms with van der Waals surface area (Å²) in [7, 11) is 0. The maximum Gasteiger partial charge on any atom is 0.514 e. The highest BCUT2D eigenvalue weighted by atomic mass is 16.7. The fraction of sp³-hybridized carbons (Fsp3) is 0.130. The van der Waals surface area contributed by atoms with E-state index in [2.05, 4.69) is 4.99 Å². The van der Waals surface area contributed by atoms with Crippen molar-refractivity contribution < 1.29 is 23.9 Å². The Balaban J connectivity index is 1.50. The average molecular weight is 418 g/mol. The zero-order valence-corrected chi connectivity index (χ0v) is 16.3. The average Bonchev–Trinajstić information content (AvgIpc) is 2.81. The number of non-ortho nitro benzene ring substituents is 1. The number of hydrogen-bond donors (Lipinski definition) is 0. The summed E-state index contributed by atoms with van der Waals surface area (Å²) >= 11 is 0. The number of nitro benzene ring substituents is 1. The van der Waals surface area contributed by atoms with E-state index < -0.39 is 23.3 Å². The number of hydrogen-bond acceptors (Lipinski definition) is 7. The summed E-state index contributed by atoms with van der Waals surface area (Å²) < 4.78 is 16.8. The molecule has 156 valence electrons. The molecule has 1 aliphatic rings. The summed E-state index contributed by atoms with van der Waals surface area (Å²) in [5.74, 6) is 0.607.